The highest BCUT2D eigenvalue weighted by Gasteiger charge is 2.21. The molecule has 0 atom stereocenters. The maximum atomic E-state index is 12.7. The van der Waals surface area contributed by atoms with Gasteiger partial charge in [-0.1, -0.05) is 18.2 Å². The third-order valence-corrected chi connectivity index (χ3v) is 6.40. The molecule has 0 aliphatic carbocycles. The van der Waals surface area contributed by atoms with E-state index >= 15 is 0 Å². The molecule has 0 radical (unpaired) electrons. The van der Waals surface area contributed by atoms with Gasteiger partial charge in [0.25, 0.3) is 26.1 Å². The number of azo groups is 1. The zero-order valence-electron chi connectivity index (χ0n) is 18.1. The number of carboxylic acids is 1. The van der Waals surface area contributed by atoms with Crippen molar-refractivity contribution in [2.45, 2.75) is 16.7 Å². The predicted molar refractivity (Wildman–Crippen MR) is 125 cm³/mol. The Labute approximate surface area is 203 Å². The van der Waals surface area contributed by atoms with Gasteiger partial charge in [0.1, 0.15) is 16.3 Å². The number of nitrogens with one attached hydrogen (secondary N) is 1. The molecule has 0 heterocycles. The molecule has 188 valence electrons. The van der Waals surface area contributed by atoms with Crippen molar-refractivity contribution in [2.24, 2.45) is 10.2 Å². The van der Waals surface area contributed by atoms with Gasteiger partial charge in [0.15, 0.2) is 5.70 Å². The lowest BCUT2D eigenvalue weighted by atomic mass is 10.1. The van der Waals surface area contributed by atoms with Gasteiger partial charge in [-0.25, -0.2) is 4.79 Å². The molecule has 36 heavy (non-hydrogen) atoms. The second kappa shape index (κ2) is 9.82. The van der Waals surface area contributed by atoms with Crippen molar-refractivity contribution in [3.8, 4) is 0 Å². The second-order valence-corrected chi connectivity index (χ2v) is 10.0. The molecule has 1 amide bonds. The SMILES string of the molecule is C/C(O)=C(/N=N/c1ccccc1C(=O)O)C(=O)Nc1ccc2cc(S(=O)(=O)O)cc(S(=O)(=O)O)c2c1. The van der Waals surface area contributed by atoms with Gasteiger partial charge in [0.2, 0.25) is 0 Å². The van der Waals surface area contributed by atoms with Crippen LogP contribution >= 0.6 is 0 Å². The molecule has 5 N–H and O–H groups in total. The van der Waals surface area contributed by atoms with Gasteiger partial charge in [-0.05, 0) is 48.7 Å². The third kappa shape index (κ3) is 5.89. The van der Waals surface area contributed by atoms with E-state index in [1.54, 1.807) is 0 Å². The van der Waals surface area contributed by atoms with E-state index in [2.05, 4.69) is 15.5 Å². The molecule has 0 saturated carbocycles. The lowest BCUT2D eigenvalue weighted by molar-refractivity contribution is -0.113. The Kier molecular flexibility index (Phi) is 7.21. The van der Waals surface area contributed by atoms with Crippen LogP contribution in [0.25, 0.3) is 10.8 Å². The van der Waals surface area contributed by atoms with Crippen molar-refractivity contribution in [2.75, 3.05) is 5.32 Å². The minimum Gasteiger partial charge on any atom is -0.510 e. The van der Waals surface area contributed by atoms with Crippen LogP contribution in [0.15, 0.2) is 86.1 Å². The number of amides is 1. The fourth-order valence-electron chi connectivity index (χ4n) is 3.06. The van der Waals surface area contributed by atoms with Crippen LogP contribution in [0.5, 0.6) is 0 Å². The molecule has 13 nitrogen and oxygen atoms in total. The summed E-state index contributed by atoms with van der Waals surface area (Å²) in [6.07, 6.45) is 0. The number of carbonyl (C=O) groups is 2. The van der Waals surface area contributed by atoms with E-state index in [0.717, 1.165) is 19.1 Å². The number of nitrogens with zero attached hydrogens (tertiary/aromatic N) is 2. The maximum absolute atomic E-state index is 12.7. The van der Waals surface area contributed by atoms with E-state index < -0.39 is 53.4 Å². The van der Waals surface area contributed by atoms with Crippen LogP contribution < -0.4 is 5.32 Å². The molecule has 0 unspecified atom stereocenters. The average Bonchev–Trinajstić information content (AvgIpc) is 2.77. The lowest BCUT2D eigenvalue weighted by Crippen LogP contribution is -2.14. The molecule has 0 aliphatic heterocycles. The van der Waals surface area contributed by atoms with Crippen LogP contribution in [0.1, 0.15) is 17.3 Å². The van der Waals surface area contributed by atoms with Gasteiger partial charge in [-0.2, -0.15) is 16.8 Å². The lowest BCUT2D eigenvalue weighted by Gasteiger charge is -2.10. The van der Waals surface area contributed by atoms with Gasteiger partial charge >= 0.3 is 5.97 Å². The molecule has 0 saturated heterocycles. The number of carbonyl (C=O) groups excluding carboxylic acids is 1. The fraction of sp³-hybridized carbons (Fsp3) is 0.0476. The van der Waals surface area contributed by atoms with Crippen LogP contribution in [0, 0.1) is 0 Å². The van der Waals surface area contributed by atoms with Gasteiger partial charge in [-0.3, -0.25) is 13.9 Å². The van der Waals surface area contributed by atoms with Gasteiger partial charge < -0.3 is 15.5 Å². The Morgan fingerprint density at radius 2 is 1.56 bits per heavy atom. The van der Waals surface area contributed by atoms with E-state index in [0.29, 0.717) is 6.07 Å². The summed E-state index contributed by atoms with van der Waals surface area (Å²) in [6.45, 7) is 1.13. The molecular formula is C21H17N3O10S2. The number of hydrogen-bond acceptors (Lipinski definition) is 9. The van der Waals surface area contributed by atoms with Crippen LogP contribution in [0.4, 0.5) is 11.4 Å². The summed E-state index contributed by atoms with van der Waals surface area (Å²) in [5, 5.41) is 28.6. The Morgan fingerprint density at radius 1 is 0.889 bits per heavy atom. The largest absolute Gasteiger partial charge is 0.510 e. The van der Waals surface area contributed by atoms with Crippen molar-refractivity contribution < 1.29 is 45.7 Å². The van der Waals surface area contributed by atoms with Gasteiger partial charge in [0, 0.05) is 11.1 Å². The fourth-order valence-corrected chi connectivity index (χ4v) is 4.40. The number of rotatable bonds is 7. The summed E-state index contributed by atoms with van der Waals surface area (Å²) < 4.78 is 65.4. The highest BCUT2D eigenvalue weighted by molar-refractivity contribution is 7.86. The molecule has 0 aliphatic rings. The van der Waals surface area contributed by atoms with Gasteiger partial charge in [-0.15, -0.1) is 10.2 Å². The van der Waals surface area contributed by atoms with Crippen molar-refractivity contribution in [3.63, 3.8) is 0 Å². The molecule has 15 heteroatoms. The number of fused-ring (bicyclic) bond motifs is 1. The summed E-state index contributed by atoms with van der Waals surface area (Å²) in [5.74, 6) is -2.86. The Bertz CT molecular complexity index is 1670. The van der Waals surface area contributed by atoms with Crippen molar-refractivity contribution >= 4 is 54.3 Å². The second-order valence-electron chi connectivity index (χ2n) is 7.22. The predicted octanol–water partition coefficient (Wildman–Crippen LogP) is 3.54. The van der Waals surface area contributed by atoms with Crippen LogP contribution in [-0.2, 0) is 25.0 Å². The smallest absolute Gasteiger partial charge is 0.337 e. The average molecular weight is 536 g/mol. The number of anilines is 1. The number of aliphatic hydroxyl groups excluding tert-OH is 1. The zero-order valence-corrected chi connectivity index (χ0v) is 19.8. The quantitative estimate of drug-likeness (QED) is 0.128. The monoisotopic (exact) mass is 535 g/mol. The molecule has 0 fully saturated rings. The number of aromatic carboxylic acids is 1. The number of allylic oxidation sites excluding steroid dienone is 1. The topological polar surface area (TPSA) is 220 Å². The van der Waals surface area contributed by atoms with Crippen molar-refractivity contribution in [1.82, 2.24) is 0 Å². The maximum Gasteiger partial charge on any atom is 0.337 e. The molecule has 3 aromatic carbocycles. The first-order valence-electron chi connectivity index (χ1n) is 9.66. The summed E-state index contributed by atoms with van der Waals surface area (Å²) in [7, 11) is -9.76. The Morgan fingerprint density at radius 3 is 2.14 bits per heavy atom. The Hall–Kier alpha value is -4.18. The molecule has 0 spiro atoms. The van der Waals surface area contributed by atoms with Gasteiger partial charge in [0.05, 0.1) is 10.5 Å². The summed E-state index contributed by atoms with van der Waals surface area (Å²) in [5.41, 5.74) is -0.924. The molecule has 3 rings (SSSR count). The summed E-state index contributed by atoms with van der Waals surface area (Å²) >= 11 is 0. The van der Waals surface area contributed by atoms with E-state index in [-0.39, 0.29) is 27.7 Å². The highest BCUT2D eigenvalue weighted by atomic mass is 32.2. The van der Waals surface area contributed by atoms with E-state index in [1.807, 2.05) is 0 Å². The molecule has 0 bridgehead atoms. The standard InChI is InChI=1S/C21H17N3O10S2/c1-11(25)19(24-23-17-5-3-2-4-15(17)21(27)28)20(26)22-13-7-6-12-8-14(35(29,30)31)10-18(16(12)9-13)36(32,33)34/h2-10,25H,1H3,(H,22,26)(H,27,28)(H,29,30,31)(H,32,33,34)/b19-11-,24-23+. The first kappa shape index (κ1) is 26.4. The van der Waals surface area contributed by atoms with Crippen LogP contribution in [0.3, 0.4) is 0 Å². The minimum atomic E-state index is -4.96. The van der Waals surface area contributed by atoms with Crippen molar-refractivity contribution in [1.29, 1.82) is 0 Å². The first-order chi connectivity index (χ1) is 16.7. The first-order valence-corrected chi connectivity index (χ1v) is 12.5. The number of carboxylic acid groups (broad SMARTS) is 1. The minimum absolute atomic E-state index is 0.00480. The van der Waals surface area contributed by atoms with Crippen LogP contribution in [-0.4, -0.2) is 48.0 Å². The summed E-state index contributed by atoms with van der Waals surface area (Å²) in [4.78, 5) is 22.4. The highest BCUT2D eigenvalue weighted by Crippen LogP contribution is 2.30. The number of benzene rings is 3. The molecular weight excluding hydrogens is 518 g/mol. The zero-order chi connectivity index (χ0) is 26.8. The van der Waals surface area contributed by atoms with E-state index in [4.69, 9.17) is 0 Å². The van der Waals surface area contributed by atoms with Crippen molar-refractivity contribution in [3.05, 3.63) is 71.6 Å². The summed E-state index contributed by atoms with van der Waals surface area (Å²) in [6, 6.07) is 10.6. The van der Waals surface area contributed by atoms with E-state index in [9.17, 15) is 45.7 Å². The van der Waals surface area contributed by atoms with E-state index in [1.165, 1.54) is 36.4 Å². The normalized spacial score (nSPS) is 13.0. The molecule has 0 aromatic heterocycles. The number of aliphatic hydroxyl groups is 1. The Balaban J connectivity index is 2.01. The van der Waals surface area contributed by atoms with Crippen LogP contribution in [0.2, 0.25) is 0 Å². The molecule has 3 aromatic rings. The number of hydrogen-bond donors (Lipinski definition) is 5. The third-order valence-electron chi connectivity index (χ3n) is 4.67.